The second kappa shape index (κ2) is 16.8. The SMILES string of the molecule is Cc1nc(C)nc(-c2ccc3c(c2)c2cc(-c4nc(C)nc(C)n4)ccc2n3-c2ccc(C#N)cc2-c2ncccc2-n2c3ccc(-c4nc(C)nc(C)n4)cc3c3cc(-c4nc(C)nc(C)n4)ccc32)n1. The van der Waals surface area contributed by atoms with E-state index in [0.717, 1.165) is 82.8 Å². The summed E-state index contributed by atoms with van der Waals surface area (Å²) in [6.45, 7) is 15.0. The first-order chi connectivity index (χ1) is 34.8. The van der Waals surface area contributed by atoms with Gasteiger partial charge in [-0.2, -0.15) is 5.26 Å². The highest BCUT2D eigenvalue weighted by Gasteiger charge is 2.24. The molecular weight excluding hydrogens is 897 g/mol. The molecular formula is C56H42N16. The van der Waals surface area contributed by atoms with Crippen molar-refractivity contribution in [2.24, 2.45) is 0 Å². The molecule has 7 heterocycles. The van der Waals surface area contributed by atoms with Crippen LogP contribution >= 0.6 is 0 Å². The van der Waals surface area contributed by atoms with Crippen LogP contribution in [0.3, 0.4) is 0 Å². The monoisotopic (exact) mass is 938 g/mol. The highest BCUT2D eigenvalue weighted by Crippen LogP contribution is 2.43. The van der Waals surface area contributed by atoms with Gasteiger partial charge in [0.1, 0.15) is 46.6 Å². The molecule has 7 aromatic heterocycles. The third-order valence-electron chi connectivity index (χ3n) is 12.6. The number of aromatic nitrogens is 15. The lowest BCUT2D eigenvalue weighted by molar-refractivity contribution is 0.928. The van der Waals surface area contributed by atoms with Crippen LogP contribution in [0.5, 0.6) is 0 Å². The van der Waals surface area contributed by atoms with Gasteiger partial charge in [-0.05, 0) is 159 Å². The third kappa shape index (κ3) is 7.51. The second-order valence-electron chi connectivity index (χ2n) is 17.8. The van der Waals surface area contributed by atoms with Crippen LogP contribution in [0.25, 0.3) is 112 Å². The number of aryl methyl sites for hydroxylation is 8. The van der Waals surface area contributed by atoms with Crippen LogP contribution in [0.4, 0.5) is 0 Å². The van der Waals surface area contributed by atoms with Crippen LogP contribution in [0.15, 0.2) is 109 Å². The molecule has 0 aliphatic heterocycles. The Hall–Kier alpha value is -9.62. The van der Waals surface area contributed by atoms with Crippen molar-refractivity contribution in [3.63, 3.8) is 0 Å². The molecule has 0 saturated carbocycles. The van der Waals surface area contributed by atoms with Crippen molar-refractivity contribution in [2.75, 3.05) is 0 Å². The standard InChI is InChI=1S/C56H42N16/c1-28-59-29(2)64-53(63-28)37-12-17-46-41(23-37)42-24-38(54-65-30(3)60-31(4)66-54)13-18-47(42)71(46)50-16-11-36(27-57)22-45(50)52-51(10-9-21-58-52)72-48-19-14-39(55-67-32(5)61-33(6)68-55)25-43(48)44-26-40(15-20-49(44)72)56-69-34(7)62-35(8)70-56/h9-26H,1-8H3. The van der Waals surface area contributed by atoms with Gasteiger partial charge in [-0.1, -0.05) is 0 Å². The molecule has 16 heteroatoms. The zero-order valence-corrected chi connectivity index (χ0v) is 40.5. The van der Waals surface area contributed by atoms with Gasteiger partial charge < -0.3 is 9.13 Å². The Labute approximate surface area is 412 Å². The number of fused-ring (bicyclic) bond motifs is 6. The molecule has 0 fully saturated rings. The Morgan fingerprint density at radius 1 is 0.361 bits per heavy atom. The fourth-order valence-corrected chi connectivity index (χ4v) is 9.88. The zero-order chi connectivity index (χ0) is 49.5. The van der Waals surface area contributed by atoms with E-state index in [9.17, 15) is 5.26 Å². The van der Waals surface area contributed by atoms with E-state index in [2.05, 4.69) is 89.7 Å². The van der Waals surface area contributed by atoms with Crippen LogP contribution in [-0.4, -0.2) is 73.9 Å². The molecule has 0 amide bonds. The van der Waals surface area contributed by atoms with Crippen molar-refractivity contribution in [3.8, 4) is 74.3 Å². The number of hydrogen-bond acceptors (Lipinski definition) is 14. The molecule has 346 valence electrons. The second-order valence-corrected chi connectivity index (χ2v) is 17.8. The van der Waals surface area contributed by atoms with Gasteiger partial charge in [0.2, 0.25) is 0 Å². The minimum atomic E-state index is 0.485. The molecule has 0 N–H and O–H groups in total. The normalized spacial score (nSPS) is 11.6. The molecule has 16 nitrogen and oxygen atoms in total. The van der Waals surface area contributed by atoms with Gasteiger partial charge in [0.05, 0.1) is 50.8 Å². The van der Waals surface area contributed by atoms with E-state index in [-0.39, 0.29) is 0 Å². The van der Waals surface area contributed by atoms with Gasteiger partial charge in [0.25, 0.3) is 0 Å². The van der Waals surface area contributed by atoms with Gasteiger partial charge in [0, 0.05) is 55.6 Å². The summed E-state index contributed by atoms with van der Waals surface area (Å²) >= 11 is 0. The van der Waals surface area contributed by atoms with Crippen molar-refractivity contribution in [1.29, 1.82) is 5.26 Å². The maximum Gasteiger partial charge on any atom is 0.163 e. The summed E-state index contributed by atoms with van der Waals surface area (Å²) in [6.07, 6.45) is 1.80. The maximum atomic E-state index is 10.5. The van der Waals surface area contributed by atoms with E-state index in [1.165, 1.54) is 0 Å². The van der Waals surface area contributed by atoms with E-state index >= 15 is 0 Å². The number of rotatable bonds is 7. The van der Waals surface area contributed by atoms with E-state index in [0.29, 0.717) is 81.2 Å². The fraction of sp³-hybridized carbons (Fsp3) is 0.143. The molecule has 0 saturated heterocycles. The minimum Gasteiger partial charge on any atom is -0.309 e. The topological polar surface area (TPSA) is 201 Å². The summed E-state index contributed by atoms with van der Waals surface area (Å²) in [7, 11) is 0. The molecule has 12 aromatic rings. The molecule has 0 unspecified atom stereocenters. The molecule has 0 bridgehead atoms. The Morgan fingerprint density at radius 3 is 1.03 bits per heavy atom. The van der Waals surface area contributed by atoms with E-state index < -0.39 is 0 Å². The van der Waals surface area contributed by atoms with Crippen LogP contribution < -0.4 is 0 Å². The quantitative estimate of drug-likeness (QED) is 0.146. The summed E-state index contributed by atoms with van der Waals surface area (Å²) in [5.74, 6) is 7.48. The smallest absolute Gasteiger partial charge is 0.163 e. The predicted molar refractivity (Wildman–Crippen MR) is 276 cm³/mol. The van der Waals surface area contributed by atoms with Crippen molar-refractivity contribution in [3.05, 3.63) is 161 Å². The first-order valence-corrected chi connectivity index (χ1v) is 23.3. The Balaban J connectivity index is 1.12. The lowest BCUT2D eigenvalue weighted by Gasteiger charge is -2.18. The average Bonchev–Trinajstić information content (AvgIpc) is 3.86. The molecule has 0 atom stereocenters. The lowest BCUT2D eigenvalue weighted by Crippen LogP contribution is -2.04. The molecule has 72 heavy (non-hydrogen) atoms. The van der Waals surface area contributed by atoms with Crippen LogP contribution in [0, 0.1) is 66.7 Å². The Kier molecular flexibility index (Phi) is 10.2. The van der Waals surface area contributed by atoms with Gasteiger partial charge in [-0.15, -0.1) is 0 Å². The van der Waals surface area contributed by atoms with Crippen LogP contribution in [-0.2, 0) is 0 Å². The number of pyridine rings is 1. The van der Waals surface area contributed by atoms with E-state index in [4.69, 9.17) is 44.9 Å². The Bertz CT molecular complexity index is 4000. The first-order valence-electron chi connectivity index (χ1n) is 23.3. The molecule has 5 aromatic carbocycles. The summed E-state index contributed by atoms with van der Waals surface area (Å²) in [5, 5.41) is 14.4. The van der Waals surface area contributed by atoms with Gasteiger partial charge in [0.15, 0.2) is 23.3 Å². The highest BCUT2D eigenvalue weighted by molar-refractivity contribution is 6.13. The lowest BCUT2D eigenvalue weighted by atomic mass is 10.0. The summed E-state index contributed by atoms with van der Waals surface area (Å²) in [5.41, 5.74) is 10.6. The number of hydrogen-bond donors (Lipinski definition) is 0. The minimum absolute atomic E-state index is 0.485. The Morgan fingerprint density at radius 2 is 0.694 bits per heavy atom. The molecule has 0 radical (unpaired) electrons. The summed E-state index contributed by atoms with van der Waals surface area (Å²) < 4.78 is 4.47. The highest BCUT2D eigenvalue weighted by atomic mass is 15.1. The first kappa shape index (κ1) is 43.6. The zero-order valence-electron chi connectivity index (χ0n) is 40.5. The van der Waals surface area contributed by atoms with Crippen LogP contribution in [0.2, 0.25) is 0 Å². The maximum absolute atomic E-state index is 10.5. The van der Waals surface area contributed by atoms with Crippen molar-refractivity contribution in [1.82, 2.24) is 73.9 Å². The number of nitrogens with zero attached hydrogens (tertiary/aromatic N) is 16. The van der Waals surface area contributed by atoms with Crippen molar-refractivity contribution >= 4 is 43.6 Å². The van der Waals surface area contributed by atoms with E-state index in [1.54, 1.807) is 6.20 Å². The molecule has 0 aliphatic carbocycles. The van der Waals surface area contributed by atoms with Crippen LogP contribution in [0.1, 0.15) is 52.2 Å². The number of nitriles is 1. The van der Waals surface area contributed by atoms with Gasteiger partial charge in [-0.25, -0.2) is 59.8 Å². The summed E-state index contributed by atoms with van der Waals surface area (Å²) in [4.78, 5) is 60.8. The van der Waals surface area contributed by atoms with Crippen molar-refractivity contribution in [2.45, 2.75) is 55.4 Å². The number of benzene rings is 5. The average molecular weight is 939 g/mol. The van der Waals surface area contributed by atoms with Crippen molar-refractivity contribution < 1.29 is 0 Å². The van der Waals surface area contributed by atoms with Gasteiger partial charge >= 0.3 is 0 Å². The largest absolute Gasteiger partial charge is 0.309 e. The third-order valence-corrected chi connectivity index (χ3v) is 12.6. The summed E-state index contributed by atoms with van der Waals surface area (Å²) in [6, 6.07) is 37.3. The predicted octanol–water partition coefficient (Wildman–Crippen LogP) is 10.7. The fourth-order valence-electron chi connectivity index (χ4n) is 9.88. The molecule has 0 spiro atoms. The molecule has 0 aliphatic rings. The van der Waals surface area contributed by atoms with Gasteiger partial charge in [-0.3, -0.25) is 4.98 Å². The molecule has 12 rings (SSSR count). The van der Waals surface area contributed by atoms with E-state index in [1.807, 2.05) is 104 Å².